The second-order valence-corrected chi connectivity index (χ2v) is 13.1. The molecule has 210 valence electrons. The van der Waals surface area contributed by atoms with Crippen LogP contribution in [0.25, 0.3) is 0 Å². The van der Waals surface area contributed by atoms with E-state index in [2.05, 4.69) is 6.58 Å². The van der Waals surface area contributed by atoms with Crippen LogP contribution in [-0.2, 0) is 14.8 Å². The molecule has 0 amide bonds. The van der Waals surface area contributed by atoms with Gasteiger partial charge in [0.2, 0.25) is 10.0 Å². The predicted molar refractivity (Wildman–Crippen MR) is 154 cm³/mol. The summed E-state index contributed by atoms with van der Waals surface area (Å²) < 4.78 is 39.5. The molecule has 2 atom stereocenters. The smallest absolute Gasteiger partial charge is 0.224 e. The minimum atomic E-state index is -3.78. The van der Waals surface area contributed by atoms with E-state index in [1.54, 1.807) is 26.4 Å². The fourth-order valence-electron chi connectivity index (χ4n) is 5.39. The van der Waals surface area contributed by atoms with Gasteiger partial charge in [0.15, 0.2) is 11.5 Å². The van der Waals surface area contributed by atoms with Gasteiger partial charge in [0.25, 0.3) is 0 Å². The van der Waals surface area contributed by atoms with E-state index in [0.29, 0.717) is 34.9 Å². The van der Waals surface area contributed by atoms with Crippen LogP contribution in [0, 0.1) is 5.41 Å². The molecule has 2 aromatic rings. The summed E-state index contributed by atoms with van der Waals surface area (Å²) >= 11 is 12.3. The molecule has 0 bridgehead atoms. The second kappa shape index (κ2) is 11.5. The molecule has 2 aliphatic rings. The molecule has 11 heteroatoms. The fourth-order valence-corrected chi connectivity index (χ4v) is 7.80. The highest BCUT2D eigenvalue weighted by Crippen LogP contribution is 2.41. The van der Waals surface area contributed by atoms with Gasteiger partial charge in [0, 0.05) is 34.1 Å². The maximum atomic E-state index is 13.6. The van der Waals surface area contributed by atoms with Crippen LogP contribution in [-0.4, -0.2) is 69.1 Å². The molecular weight excluding hydrogens is 561 g/mol. The number of piperidine rings is 1. The number of ether oxygens (including phenoxy) is 2. The molecule has 0 saturated carbocycles. The van der Waals surface area contributed by atoms with E-state index in [1.807, 2.05) is 37.1 Å². The average Bonchev–Trinajstić information content (AvgIpc) is 3.19. The van der Waals surface area contributed by atoms with E-state index in [4.69, 9.17) is 37.8 Å². The molecule has 0 N–H and O–H groups in total. The summed E-state index contributed by atoms with van der Waals surface area (Å²) in [6, 6.07) is 9.73. The van der Waals surface area contributed by atoms with Crippen molar-refractivity contribution in [1.29, 1.82) is 0 Å². The first-order chi connectivity index (χ1) is 18.5. The van der Waals surface area contributed by atoms with Crippen LogP contribution in [0.4, 0.5) is 0 Å². The van der Waals surface area contributed by atoms with Crippen LogP contribution in [0.1, 0.15) is 43.1 Å². The zero-order valence-corrected chi connectivity index (χ0v) is 24.8. The number of hydrogen-bond donors (Lipinski definition) is 0. The number of carbonyl (C=O) groups is 1. The lowest BCUT2D eigenvalue weighted by molar-refractivity contribution is -0.115. The lowest BCUT2D eigenvalue weighted by Crippen LogP contribution is -2.50. The highest BCUT2D eigenvalue weighted by Gasteiger charge is 2.48. The van der Waals surface area contributed by atoms with Gasteiger partial charge in [-0.1, -0.05) is 49.2 Å². The molecule has 2 unspecified atom stereocenters. The summed E-state index contributed by atoms with van der Waals surface area (Å²) in [5.74, 6) is 1.18. The monoisotopic (exact) mass is 593 g/mol. The number of aldehydes is 1. The Morgan fingerprint density at radius 3 is 2.31 bits per heavy atom. The zero-order chi connectivity index (χ0) is 28.5. The Labute approximate surface area is 240 Å². The van der Waals surface area contributed by atoms with Crippen molar-refractivity contribution in [3.8, 4) is 11.5 Å². The van der Waals surface area contributed by atoms with Crippen LogP contribution in [0.15, 0.2) is 54.2 Å². The van der Waals surface area contributed by atoms with Crippen LogP contribution in [0.5, 0.6) is 11.5 Å². The molecule has 8 nitrogen and oxygen atoms in total. The number of hydrazone groups is 1. The molecule has 1 saturated heterocycles. The Kier molecular flexibility index (Phi) is 8.66. The van der Waals surface area contributed by atoms with Gasteiger partial charge in [0.1, 0.15) is 17.6 Å². The lowest BCUT2D eigenvalue weighted by atomic mass is 9.78. The maximum absolute atomic E-state index is 13.6. The SMILES string of the molecule is C=CC(c1ccc(Cl)cc1Cl)S(=O)(=O)N1CCC(N2N=C(c3ccc(OC)c(OC)c3)C(C)(C)C2C=O)CC1. The van der Waals surface area contributed by atoms with Gasteiger partial charge in [-0.05, 0) is 48.7 Å². The lowest BCUT2D eigenvalue weighted by Gasteiger charge is -2.39. The Bertz CT molecular complexity index is 1390. The third-order valence-electron chi connectivity index (χ3n) is 7.60. The Hall–Kier alpha value is -2.59. The second-order valence-electron chi connectivity index (χ2n) is 10.2. The van der Waals surface area contributed by atoms with Gasteiger partial charge < -0.3 is 14.3 Å². The first kappa shape index (κ1) is 29.4. The summed E-state index contributed by atoms with van der Waals surface area (Å²) in [4.78, 5) is 12.3. The van der Waals surface area contributed by atoms with Crippen LogP contribution < -0.4 is 9.47 Å². The Morgan fingerprint density at radius 2 is 1.74 bits per heavy atom. The van der Waals surface area contributed by atoms with Crippen molar-refractivity contribution in [2.75, 3.05) is 27.3 Å². The largest absolute Gasteiger partial charge is 0.493 e. The van der Waals surface area contributed by atoms with Gasteiger partial charge in [-0.3, -0.25) is 5.01 Å². The molecule has 0 spiro atoms. The maximum Gasteiger partial charge on any atom is 0.224 e. The number of hydrogen-bond acceptors (Lipinski definition) is 7. The van der Waals surface area contributed by atoms with Gasteiger partial charge in [-0.25, -0.2) is 12.7 Å². The minimum Gasteiger partial charge on any atom is -0.493 e. The van der Waals surface area contributed by atoms with Crippen molar-refractivity contribution < 1.29 is 22.7 Å². The van der Waals surface area contributed by atoms with Gasteiger partial charge in [0.05, 0.1) is 26.0 Å². The highest BCUT2D eigenvalue weighted by molar-refractivity contribution is 7.89. The number of nitrogens with zero attached hydrogens (tertiary/aromatic N) is 3. The van der Waals surface area contributed by atoms with Crippen molar-refractivity contribution in [2.45, 2.75) is 44.0 Å². The number of rotatable bonds is 9. The highest BCUT2D eigenvalue weighted by atomic mass is 35.5. The van der Waals surface area contributed by atoms with Crippen LogP contribution in [0.2, 0.25) is 10.0 Å². The van der Waals surface area contributed by atoms with E-state index >= 15 is 0 Å². The standard InChI is InChI=1S/C28H33Cl2N3O5S/c1-6-25(21-9-8-19(29)16-22(21)30)39(35,36)32-13-11-20(12-14-32)33-26(17-34)28(2,3)27(31-33)18-7-10-23(37-4)24(15-18)38-5/h6-10,15-17,20,25-26H,1,11-14H2,2-5H3. The van der Waals surface area contributed by atoms with Crippen molar-refractivity contribution in [3.63, 3.8) is 0 Å². The zero-order valence-electron chi connectivity index (χ0n) is 22.4. The van der Waals surface area contributed by atoms with Gasteiger partial charge in [-0.15, -0.1) is 6.58 Å². The predicted octanol–water partition coefficient (Wildman–Crippen LogP) is 5.35. The molecule has 39 heavy (non-hydrogen) atoms. The molecule has 0 aliphatic carbocycles. The Balaban J connectivity index is 1.56. The van der Waals surface area contributed by atoms with E-state index in [9.17, 15) is 13.2 Å². The van der Waals surface area contributed by atoms with Crippen LogP contribution in [0.3, 0.4) is 0 Å². The molecule has 0 radical (unpaired) electrons. The van der Waals surface area contributed by atoms with E-state index < -0.39 is 26.7 Å². The molecular formula is C28H33Cl2N3O5S. The summed E-state index contributed by atoms with van der Waals surface area (Å²) in [6.45, 7) is 8.31. The first-order valence-electron chi connectivity index (χ1n) is 12.6. The average molecular weight is 595 g/mol. The minimum absolute atomic E-state index is 0.107. The molecule has 0 aromatic heterocycles. The van der Waals surface area contributed by atoms with E-state index in [0.717, 1.165) is 17.6 Å². The van der Waals surface area contributed by atoms with E-state index in [1.165, 1.54) is 16.4 Å². The van der Waals surface area contributed by atoms with Crippen molar-refractivity contribution in [1.82, 2.24) is 9.31 Å². The van der Waals surface area contributed by atoms with Crippen molar-refractivity contribution in [2.24, 2.45) is 10.5 Å². The number of methoxy groups -OCH3 is 2. The number of carbonyl (C=O) groups excluding carboxylic acids is 1. The topological polar surface area (TPSA) is 88.5 Å². The van der Waals surface area contributed by atoms with E-state index in [-0.39, 0.29) is 24.2 Å². The molecule has 2 heterocycles. The van der Waals surface area contributed by atoms with Gasteiger partial charge in [-0.2, -0.15) is 5.10 Å². The number of halogens is 2. The van der Waals surface area contributed by atoms with Crippen molar-refractivity contribution in [3.05, 3.63) is 70.2 Å². The quantitative estimate of drug-likeness (QED) is 0.288. The first-order valence-corrected chi connectivity index (χ1v) is 14.9. The molecule has 4 rings (SSSR count). The molecule has 2 aromatic carbocycles. The third kappa shape index (κ3) is 5.42. The summed E-state index contributed by atoms with van der Waals surface area (Å²) in [5.41, 5.74) is 1.45. The molecule has 1 fully saturated rings. The Morgan fingerprint density at radius 1 is 1.08 bits per heavy atom. The normalized spacial score (nSPS) is 20.8. The fraction of sp³-hybridized carbons (Fsp3) is 0.429. The van der Waals surface area contributed by atoms with Gasteiger partial charge >= 0.3 is 0 Å². The summed E-state index contributed by atoms with van der Waals surface area (Å²) in [7, 11) is -0.633. The summed E-state index contributed by atoms with van der Waals surface area (Å²) in [5, 5.41) is 6.49. The third-order valence-corrected chi connectivity index (χ3v) is 10.3. The van der Waals surface area contributed by atoms with Crippen LogP contribution >= 0.6 is 23.2 Å². The number of sulfonamides is 1. The molecule has 2 aliphatic heterocycles. The number of benzene rings is 2. The van der Waals surface area contributed by atoms with Crippen molar-refractivity contribution >= 4 is 45.2 Å². The summed E-state index contributed by atoms with van der Waals surface area (Å²) in [6.07, 6.45) is 3.35.